The van der Waals surface area contributed by atoms with E-state index >= 15 is 0 Å². The van der Waals surface area contributed by atoms with Gasteiger partial charge in [-0.3, -0.25) is 10.1 Å². The van der Waals surface area contributed by atoms with Crippen molar-refractivity contribution < 1.29 is 14.5 Å². The molecule has 26 heavy (non-hydrogen) atoms. The Morgan fingerprint density at radius 2 is 1.92 bits per heavy atom. The molecule has 0 fully saturated rings. The average Bonchev–Trinajstić information content (AvgIpc) is 2.65. The molecule has 3 aromatic rings. The van der Waals surface area contributed by atoms with Crippen molar-refractivity contribution in [3.8, 4) is 0 Å². The minimum Gasteiger partial charge on any atom is -0.456 e. The molecule has 2 aromatic carbocycles. The smallest absolute Gasteiger partial charge is 0.338 e. The van der Waals surface area contributed by atoms with Gasteiger partial charge in [0, 0.05) is 25.5 Å². The van der Waals surface area contributed by atoms with E-state index in [4.69, 9.17) is 4.74 Å². The van der Waals surface area contributed by atoms with Gasteiger partial charge in [-0.2, -0.15) is 0 Å². The number of nitro benzene ring substituents is 1. The maximum absolute atomic E-state index is 12.3. The summed E-state index contributed by atoms with van der Waals surface area (Å²) < 4.78 is 5.26. The quantitative estimate of drug-likeness (QED) is 0.397. The van der Waals surface area contributed by atoms with Crippen LogP contribution < -0.4 is 4.90 Å². The van der Waals surface area contributed by atoms with E-state index in [9.17, 15) is 14.9 Å². The number of nitrogens with zero attached hydrogens (tertiary/aromatic N) is 3. The van der Waals surface area contributed by atoms with E-state index in [1.165, 1.54) is 18.2 Å². The second kappa shape index (κ2) is 7.18. The van der Waals surface area contributed by atoms with Crippen LogP contribution in [-0.2, 0) is 11.3 Å². The third kappa shape index (κ3) is 3.61. The molecular weight excluding hydrogens is 334 g/mol. The molecule has 0 spiro atoms. The Labute approximate surface area is 150 Å². The molecule has 3 rings (SSSR count). The van der Waals surface area contributed by atoms with E-state index in [1.54, 1.807) is 25.1 Å². The number of aromatic nitrogens is 1. The van der Waals surface area contributed by atoms with Gasteiger partial charge in [0.05, 0.1) is 21.7 Å². The third-order valence-corrected chi connectivity index (χ3v) is 3.90. The number of rotatable bonds is 5. The van der Waals surface area contributed by atoms with Gasteiger partial charge in [-0.25, -0.2) is 9.78 Å². The Balaban J connectivity index is 1.77. The summed E-state index contributed by atoms with van der Waals surface area (Å²) in [6.45, 7) is -0.00705. The predicted octanol–water partition coefficient (Wildman–Crippen LogP) is 3.57. The van der Waals surface area contributed by atoms with Crippen LogP contribution in [0.25, 0.3) is 10.9 Å². The lowest BCUT2D eigenvalue weighted by Crippen LogP contribution is -2.12. The van der Waals surface area contributed by atoms with Gasteiger partial charge in [0.2, 0.25) is 0 Å². The molecule has 0 aliphatic rings. The minimum atomic E-state index is -0.631. The first kappa shape index (κ1) is 17.3. The number of para-hydroxylation sites is 1. The van der Waals surface area contributed by atoms with Crippen LogP contribution in [0.5, 0.6) is 0 Å². The van der Waals surface area contributed by atoms with Crippen molar-refractivity contribution in [1.29, 1.82) is 0 Å². The monoisotopic (exact) mass is 351 g/mol. The zero-order valence-electron chi connectivity index (χ0n) is 14.4. The normalized spacial score (nSPS) is 10.5. The maximum atomic E-state index is 12.3. The fourth-order valence-corrected chi connectivity index (χ4v) is 2.59. The SMILES string of the molecule is CN(C)c1ccc(C(=O)OCc2ccc3ccccc3n2)cc1[N+](=O)[O-]. The summed E-state index contributed by atoms with van der Waals surface area (Å²) in [5.74, 6) is -0.631. The lowest BCUT2D eigenvalue weighted by molar-refractivity contribution is -0.384. The van der Waals surface area contributed by atoms with Crippen molar-refractivity contribution in [2.45, 2.75) is 6.61 Å². The molecular formula is C19H17N3O4. The highest BCUT2D eigenvalue weighted by molar-refractivity contribution is 5.91. The van der Waals surface area contributed by atoms with Crippen molar-refractivity contribution >= 4 is 28.2 Å². The number of carbonyl (C=O) groups excluding carboxylic acids is 1. The summed E-state index contributed by atoms with van der Waals surface area (Å²) in [6, 6.07) is 15.6. The number of hydrogen-bond acceptors (Lipinski definition) is 6. The second-order valence-electron chi connectivity index (χ2n) is 5.93. The maximum Gasteiger partial charge on any atom is 0.338 e. The molecule has 132 valence electrons. The first-order chi connectivity index (χ1) is 12.5. The predicted molar refractivity (Wildman–Crippen MR) is 98.3 cm³/mol. The summed E-state index contributed by atoms with van der Waals surface area (Å²) >= 11 is 0. The molecule has 0 radical (unpaired) electrons. The highest BCUT2D eigenvalue weighted by atomic mass is 16.6. The average molecular weight is 351 g/mol. The molecule has 0 saturated heterocycles. The van der Waals surface area contributed by atoms with Gasteiger partial charge in [0.1, 0.15) is 12.3 Å². The number of anilines is 1. The fraction of sp³-hybridized carbons (Fsp3) is 0.158. The van der Waals surface area contributed by atoms with E-state index in [2.05, 4.69) is 4.98 Å². The number of nitro groups is 1. The molecule has 0 aliphatic carbocycles. The summed E-state index contributed by atoms with van der Waals surface area (Å²) in [5, 5.41) is 12.2. The summed E-state index contributed by atoms with van der Waals surface area (Å²) in [7, 11) is 3.40. The number of carbonyl (C=O) groups is 1. The van der Waals surface area contributed by atoms with Crippen molar-refractivity contribution in [2.24, 2.45) is 0 Å². The Hall–Kier alpha value is -3.48. The standard InChI is InChI=1S/C19H17N3O4/c1-21(2)17-10-8-14(11-18(17)22(24)25)19(23)26-12-15-9-7-13-5-3-4-6-16(13)20-15/h3-11H,12H2,1-2H3. The van der Waals surface area contributed by atoms with Crippen molar-refractivity contribution in [3.63, 3.8) is 0 Å². The molecule has 0 saturated carbocycles. The van der Waals surface area contributed by atoms with E-state index < -0.39 is 10.9 Å². The lowest BCUT2D eigenvalue weighted by atomic mass is 10.1. The van der Waals surface area contributed by atoms with Crippen LogP contribution in [0.4, 0.5) is 11.4 Å². The number of fused-ring (bicyclic) bond motifs is 1. The van der Waals surface area contributed by atoms with Gasteiger partial charge in [-0.15, -0.1) is 0 Å². The largest absolute Gasteiger partial charge is 0.456 e. The van der Waals surface area contributed by atoms with Crippen LogP contribution in [0.2, 0.25) is 0 Å². The highest BCUT2D eigenvalue weighted by Crippen LogP contribution is 2.28. The van der Waals surface area contributed by atoms with E-state index in [1.807, 2.05) is 30.3 Å². The van der Waals surface area contributed by atoms with Crippen LogP contribution in [-0.4, -0.2) is 30.0 Å². The molecule has 0 bridgehead atoms. The van der Waals surface area contributed by atoms with Gasteiger partial charge in [0.15, 0.2) is 0 Å². The Morgan fingerprint density at radius 1 is 1.15 bits per heavy atom. The number of pyridine rings is 1. The molecule has 0 unspecified atom stereocenters. The molecule has 0 atom stereocenters. The van der Waals surface area contributed by atoms with E-state index in [0.717, 1.165) is 10.9 Å². The van der Waals surface area contributed by atoms with Crippen LogP contribution in [0.15, 0.2) is 54.6 Å². The van der Waals surface area contributed by atoms with Crippen molar-refractivity contribution in [1.82, 2.24) is 4.98 Å². The first-order valence-electron chi connectivity index (χ1n) is 7.93. The molecule has 1 aromatic heterocycles. The summed E-state index contributed by atoms with van der Waals surface area (Å²) in [5.41, 5.74) is 1.82. The minimum absolute atomic E-state index is 0.00705. The highest BCUT2D eigenvalue weighted by Gasteiger charge is 2.19. The lowest BCUT2D eigenvalue weighted by Gasteiger charge is -2.13. The van der Waals surface area contributed by atoms with Gasteiger partial charge < -0.3 is 9.64 Å². The Morgan fingerprint density at radius 3 is 2.65 bits per heavy atom. The molecule has 0 N–H and O–H groups in total. The van der Waals surface area contributed by atoms with Crippen molar-refractivity contribution in [3.05, 3.63) is 76.0 Å². The number of benzene rings is 2. The molecule has 1 heterocycles. The Kier molecular flexibility index (Phi) is 4.79. The molecule has 7 heteroatoms. The molecule has 7 nitrogen and oxygen atoms in total. The van der Waals surface area contributed by atoms with Crippen LogP contribution >= 0.6 is 0 Å². The fourth-order valence-electron chi connectivity index (χ4n) is 2.59. The van der Waals surface area contributed by atoms with Gasteiger partial charge in [-0.1, -0.05) is 24.3 Å². The van der Waals surface area contributed by atoms with Crippen LogP contribution in [0, 0.1) is 10.1 Å². The van der Waals surface area contributed by atoms with Gasteiger partial charge in [0.25, 0.3) is 5.69 Å². The van der Waals surface area contributed by atoms with E-state index in [0.29, 0.717) is 11.4 Å². The topological polar surface area (TPSA) is 85.6 Å². The molecule has 0 amide bonds. The van der Waals surface area contributed by atoms with E-state index in [-0.39, 0.29) is 17.9 Å². The molecule has 0 aliphatic heterocycles. The number of esters is 1. The van der Waals surface area contributed by atoms with Gasteiger partial charge in [-0.05, 0) is 24.3 Å². The summed E-state index contributed by atoms with van der Waals surface area (Å²) in [6.07, 6.45) is 0. The van der Waals surface area contributed by atoms with Crippen molar-refractivity contribution in [2.75, 3.05) is 19.0 Å². The first-order valence-corrected chi connectivity index (χ1v) is 7.93. The zero-order chi connectivity index (χ0) is 18.7. The van der Waals surface area contributed by atoms with Crippen LogP contribution in [0.3, 0.4) is 0 Å². The van der Waals surface area contributed by atoms with Gasteiger partial charge >= 0.3 is 5.97 Å². The van der Waals surface area contributed by atoms with Crippen LogP contribution in [0.1, 0.15) is 16.1 Å². The Bertz CT molecular complexity index is 985. The summed E-state index contributed by atoms with van der Waals surface area (Å²) in [4.78, 5) is 29.0. The number of hydrogen-bond donors (Lipinski definition) is 0. The number of ether oxygens (including phenoxy) is 1. The third-order valence-electron chi connectivity index (χ3n) is 3.90. The zero-order valence-corrected chi connectivity index (χ0v) is 14.4. The second-order valence-corrected chi connectivity index (χ2v) is 5.93.